The van der Waals surface area contributed by atoms with Gasteiger partial charge < -0.3 is 15.4 Å². The van der Waals surface area contributed by atoms with Gasteiger partial charge >= 0.3 is 0 Å². The number of hydrogen-bond acceptors (Lipinski definition) is 6. The molecule has 4 rings (SSSR count). The Bertz CT molecular complexity index is 1400. The molecule has 0 saturated carbocycles. The van der Waals surface area contributed by atoms with E-state index in [9.17, 15) is 14.4 Å². The van der Waals surface area contributed by atoms with Crippen LogP contribution in [0.4, 0.5) is 11.4 Å². The van der Waals surface area contributed by atoms with E-state index in [-0.39, 0.29) is 15.5 Å². The fraction of sp³-hybridized carbons (Fsp3) is 0.0909. The standard InChI is InChI=1S/C22H17ClN4O4S/c1-12-10-17(28)27-18(20(29)26-15-4-3-5-16(11-15)31-2)19(32-22(27)24-12)21(30)25-14-8-6-13(23)7-9-14/h3-11H,1-2H3,(H,25,30)(H,26,29). The highest BCUT2D eigenvalue weighted by atomic mass is 35.5. The Morgan fingerprint density at radius 2 is 1.75 bits per heavy atom. The van der Waals surface area contributed by atoms with Crippen molar-refractivity contribution in [1.29, 1.82) is 0 Å². The van der Waals surface area contributed by atoms with Crippen LogP contribution in [0.1, 0.15) is 25.9 Å². The summed E-state index contributed by atoms with van der Waals surface area (Å²) in [5.41, 5.74) is 0.876. The average molecular weight is 469 g/mol. The number of hydrogen-bond donors (Lipinski definition) is 2. The molecule has 2 heterocycles. The van der Waals surface area contributed by atoms with Crippen LogP contribution >= 0.6 is 22.9 Å². The molecule has 0 bridgehead atoms. The molecule has 0 spiro atoms. The second kappa shape index (κ2) is 8.81. The summed E-state index contributed by atoms with van der Waals surface area (Å²) >= 11 is 6.85. The van der Waals surface area contributed by atoms with Crippen molar-refractivity contribution in [3.63, 3.8) is 0 Å². The third-order valence-corrected chi connectivity index (χ3v) is 5.79. The molecule has 0 unspecified atom stereocenters. The number of carbonyl (C=O) groups is 2. The lowest BCUT2D eigenvalue weighted by molar-refractivity contribution is 0.0989. The van der Waals surface area contributed by atoms with Crippen LogP contribution in [-0.2, 0) is 0 Å². The van der Waals surface area contributed by atoms with Crippen LogP contribution in [0.25, 0.3) is 4.96 Å². The lowest BCUT2D eigenvalue weighted by Gasteiger charge is -2.09. The predicted octanol–water partition coefficient (Wildman–Crippen LogP) is 4.23. The summed E-state index contributed by atoms with van der Waals surface area (Å²) in [6.45, 7) is 1.67. The number of aromatic nitrogens is 2. The number of ether oxygens (including phenoxy) is 1. The molecule has 2 amide bonds. The summed E-state index contributed by atoms with van der Waals surface area (Å²) in [6.07, 6.45) is 0. The molecule has 2 N–H and O–H groups in total. The molecule has 0 radical (unpaired) electrons. The third-order valence-electron chi connectivity index (χ3n) is 4.50. The number of thiazole rings is 1. The number of amides is 2. The summed E-state index contributed by atoms with van der Waals surface area (Å²) in [5, 5.41) is 5.97. The van der Waals surface area contributed by atoms with Crippen molar-refractivity contribution >= 4 is 51.1 Å². The van der Waals surface area contributed by atoms with Crippen LogP contribution in [0.5, 0.6) is 5.75 Å². The number of halogens is 1. The van der Waals surface area contributed by atoms with Crippen LogP contribution in [0.15, 0.2) is 59.4 Å². The van der Waals surface area contributed by atoms with Crippen molar-refractivity contribution in [2.75, 3.05) is 17.7 Å². The van der Waals surface area contributed by atoms with Gasteiger partial charge in [-0.2, -0.15) is 0 Å². The van der Waals surface area contributed by atoms with Gasteiger partial charge in [0.1, 0.15) is 16.3 Å². The van der Waals surface area contributed by atoms with Crippen molar-refractivity contribution < 1.29 is 14.3 Å². The van der Waals surface area contributed by atoms with E-state index in [4.69, 9.17) is 16.3 Å². The van der Waals surface area contributed by atoms with E-state index in [1.54, 1.807) is 55.5 Å². The minimum atomic E-state index is -0.626. The largest absolute Gasteiger partial charge is 0.497 e. The number of fused-ring (bicyclic) bond motifs is 1. The third kappa shape index (κ3) is 4.34. The molecule has 0 fully saturated rings. The van der Waals surface area contributed by atoms with Gasteiger partial charge in [-0.1, -0.05) is 29.0 Å². The van der Waals surface area contributed by atoms with Gasteiger partial charge in [-0.3, -0.25) is 14.4 Å². The molecule has 0 atom stereocenters. The molecular weight excluding hydrogens is 452 g/mol. The molecular formula is C22H17ClN4O4S. The van der Waals surface area contributed by atoms with Gasteiger partial charge in [0.15, 0.2) is 4.96 Å². The minimum Gasteiger partial charge on any atom is -0.497 e. The highest BCUT2D eigenvalue weighted by Crippen LogP contribution is 2.25. The second-order valence-electron chi connectivity index (χ2n) is 6.78. The monoisotopic (exact) mass is 468 g/mol. The Kier molecular flexibility index (Phi) is 5.93. The first-order valence-corrected chi connectivity index (χ1v) is 10.6. The molecule has 8 nitrogen and oxygen atoms in total. The molecule has 0 saturated heterocycles. The number of benzene rings is 2. The topological polar surface area (TPSA) is 102 Å². The second-order valence-corrected chi connectivity index (χ2v) is 8.19. The van der Waals surface area contributed by atoms with Crippen molar-refractivity contribution in [3.8, 4) is 5.75 Å². The molecule has 2 aromatic heterocycles. The summed E-state index contributed by atoms with van der Waals surface area (Å²) in [6, 6.07) is 14.6. The van der Waals surface area contributed by atoms with E-state index in [1.165, 1.54) is 13.2 Å². The van der Waals surface area contributed by atoms with Gasteiger partial charge in [-0.15, -0.1) is 0 Å². The zero-order valence-corrected chi connectivity index (χ0v) is 18.6. The Hall–Kier alpha value is -3.69. The van der Waals surface area contributed by atoms with Crippen LogP contribution in [-0.4, -0.2) is 28.3 Å². The van der Waals surface area contributed by atoms with Crippen molar-refractivity contribution in [1.82, 2.24) is 9.38 Å². The van der Waals surface area contributed by atoms with E-state index in [0.29, 0.717) is 27.8 Å². The molecule has 32 heavy (non-hydrogen) atoms. The van der Waals surface area contributed by atoms with E-state index >= 15 is 0 Å². The first-order chi connectivity index (χ1) is 15.4. The lowest BCUT2D eigenvalue weighted by Crippen LogP contribution is -2.25. The summed E-state index contributed by atoms with van der Waals surface area (Å²) in [4.78, 5) is 43.6. The summed E-state index contributed by atoms with van der Waals surface area (Å²) < 4.78 is 6.32. The molecule has 0 aliphatic heterocycles. The quantitative estimate of drug-likeness (QED) is 0.456. The molecule has 10 heteroatoms. The maximum atomic E-state index is 13.2. The summed E-state index contributed by atoms with van der Waals surface area (Å²) in [7, 11) is 1.51. The van der Waals surface area contributed by atoms with Crippen molar-refractivity contribution in [2.45, 2.75) is 6.92 Å². The Morgan fingerprint density at radius 1 is 1.03 bits per heavy atom. The Morgan fingerprint density at radius 3 is 2.47 bits per heavy atom. The smallest absolute Gasteiger partial charge is 0.274 e. The van der Waals surface area contributed by atoms with Gasteiger partial charge in [0.05, 0.1) is 7.11 Å². The maximum Gasteiger partial charge on any atom is 0.274 e. The fourth-order valence-electron chi connectivity index (χ4n) is 3.06. The zero-order chi connectivity index (χ0) is 22.8. The SMILES string of the molecule is COc1cccc(NC(=O)c2c(C(=O)Nc3ccc(Cl)cc3)sc3nc(C)cc(=O)n23)c1. The molecule has 0 aliphatic carbocycles. The molecule has 2 aromatic carbocycles. The van der Waals surface area contributed by atoms with Crippen molar-refractivity contribution in [2.24, 2.45) is 0 Å². The van der Waals surface area contributed by atoms with E-state index < -0.39 is 17.4 Å². The van der Waals surface area contributed by atoms with Crippen LogP contribution in [0, 0.1) is 6.92 Å². The van der Waals surface area contributed by atoms with E-state index in [2.05, 4.69) is 15.6 Å². The first-order valence-electron chi connectivity index (χ1n) is 9.41. The highest BCUT2D eigenvalue weighted by Gasteiger charge is 2.26. The number of methoxy groups -OCH3 is 1. The molecule has 0 aliphatic rings. The van der Waals surface area contributed by atoms with Crippen LogP contribution < -0.4 is 20.9 Å². The number of carbonyl (C=O) groups excluding carboxylic acids is 2. The van der Waals surface area contributed by atoms with Gasteiger partial charge in [-0.25, -0.2) is 9.38 Å². The van der Waals surface area contributed by atoms with Crippen molar-refractivity contribution in [3.05, 3.63) is 86.2 Å². The van der Waals surface area contributed by atoms with Gasteiger partial charge in [-0.05, 0) is 43.3 Å². The van der Waals surface area contributed by atoms with Crippen LogP contribution in [0.2, 0.25) is 5.02 Å². The van der Waals surface area contributed by atoms with Gasteiger partial charge in [0, 0.05) is 34.2 Å². The lowest BCUT2D eigenvalue weighted by atomic mass is 10.2. The number of nitrogens with zero attached hydrogens (tertiary/aromatic N) is 2. The highest BCUT2D eigenvalue weighted by molar-refractivity contribution is 7.19. The number of nitrogens with one attached hydrogen (secondary N) is 2. The molecule has 4 aromatic rings. The van der Waals surface area contributed by atoms with Crippen LogP contribution in [0.3, 0.4) is 0 Å². The van der Waals surface area contributed by atoms with Gasteiger partial charge in [0.2, 0.25) is 0 Å². The molecule has 162 valence electrons. The van der Waals surface area contributed by atoms with E-state index in [1.807, 2.05) is 0 Å². The Balaban J connectivity index is 1.78. The number of aryl methyl sites for hydroxylation is 1. The minimum absolute atomic E-state index is 0.0514. The number of anilines is 2. The van der Waals surface area contributed by atoms with E-state index in [0.717, 1.165) is 15.7 Å². The van der Waals surface area contributed by atoms with Gasteiger partial charge in [0.25, 0.3) is 17.4 Å². The summed E-state index contributed by atoms with van der Waals surface area (Å²) in [5.74, 6) is -0.623. The average Bonchev–Trinajstić information content (AvgIpc) is 3.15. The first kappa shape index (κ1) is 21.5. The Labute approximate surface area is 191 Å². The zero-order valence-electron chi connectivity index (χ0n) is 17.0. The normalized spacial score (nSPS) is 10.7. The maximum absolute atomic E-state index is 13.2. The predicted molar refractivity (Wildman–Crippen MR) is 124 cm³/mol. The fourth-order valence-corrected chi connectivity index (χ4v) is 4.25. The number of rotatable bonds is 5.